The first-order valence-electron chi connectivity index (χ1n) is 8.80. The van der Waals surface area contributed by atoms with Crippen molar-refractivity contribution in [2.45, 2.75) is 32.4 Å². The average Bonchev–Trinajstić information content (AvgIpc) is 2.67. The van der Waals surface area contributed by atoms with E-state index in [1.165, 1.54) is 0 Å². The Kier molecular flexibility index (Phi) is 5.66. The molecule has 5 nitrogen and oxygen atoms in total. The molecule has 2 aromatic rings. The summed E-state index contributed by atoms with van der Waals surface area (Å²) in [6, 6.07) is 11.3. The van der Waals surface area contributed by atoms with E-state index < -0.39 is 0 Å². The van der Waals surface area contributed by atoms with E-state index in [1.54, 1.807) is 12.4 Å². The fraction of sp³-hybridized carbons (Fsp3) is 0.400. The summed E-state index contributed by atoms with van der Waals surface area (Å²) in [4.78, 5) is 18.8. The number of rotatable bonds is 5. The van der Waals surface area contributed by atoms with Gasteiger partial charge in [0.15, 0.2) is 0 Å². The van der Waals surface area contributed by atoms with Gasteiger partial charge in [-0.15, -0.1) is 0 Å². The summed E-state index contributed by atoms with van der Waals surface area (Å²) < 4.78 is 5.80. The Balaban J connectivity index is 1.65. The smallest absolute Gasteiger partial charge is 0.253 e. The Bertz CT molecular complexity index is 703. The van der Waals surface area contributed by atoms with Gasteiger partial charge in [0.05, 0.1) is 0 Å². The van der Waals surface area contributed by atoms with Crippen LogP contribution in [0.1, 0.15) is 35.7 Å². The van der Waals surface area contributed by atoms with Crippen LogP contribution in [0.25, 0.3) is 0 Å². The highest BCUT2D eigenvalue weighted by Gasteiger charge is 2.26. The number of carbonyl (C=O) groups excluding carboxylic acids is 1. The van der Waals surface area contributed by atoms with Gasteiger partial charge in [0.25, 0.3) is 5.91 Å². The van der Waals surface area contributed by atoms with Crippen LogP contribution < -0.4 is 10.5 Å². The average molecular weight is 339 g/mol. The van der Waals surface area contributed by atoms with E-state index in [0.29, 0.717) is 23.8 Å². The van der Waals surface area contributed by atoms with Crippen LogP contribution in [0.4, 0.5) is 0 Å². The first kappa shape index (κ1) is 17.4. The molecule has 1 aliphatic rings. The van der Waals surface area contributed by atoms with Crippen molar-refractivity contribution in [1.29, 1.82) is 0 Å². The van der Waals surface area contributed by atoms with Crippen LogP contribution in [0.15, 0.2) is 48.8 Å². The molecule has 1 aromatic carbocycles. The number of likely N-dealkylation sites (tertiary alicyclic amines) is 1. The predicted octanol–water partition coefficient (Wildman–Crippen LogP) is 2.86. The minimum absolute atomic E-state index is 0.0529. The van der Waals surface area contributed by atoms with Gasteiger partial charge in [-0.3, -0.25) is 9.78 Å². The van der Waals surface area contributed by atoms with E-state index in [-0.39, 0.29) is 11.9 Å². The molecule has 0 radical (unpaired) electrons. The largest absolute Gasteiger partial charge is 0.489 e. The Hall–Kier alpha value is -2.40. The number of pyridine rings is 1. The van der Waals surface area contributed by atoms with E-state index in [4.69, 9.17) is 10.5 Å². The minimum Gasteiger partial charge on any atom is -0.489 e. The summed E-state index contributed by atoms with van der Waals surface area (Å²) in [6.45, 7) is 3.98. The van der Waals surface area contributed by atoms with Crippen LogP contribution in [-0.4, -0.2) is 34.9 Å². The van der Waals surface area contributed by atoms with Gasteiger partial charge < -0.3 is 15.4 Å². The number of aromatic nitrogens is 1. The number of amides is 1. The van der Waals surface area contributed by atoms with Gasteiger partial charge in [0.1, 0.15) is 12.4 Å². The Morgan fingerprint density at radius 3 is 3.04 bits per heavy atom. The third-order valence-electron chi connectivity index (χ3n) is 4.70. The number of nitrogens with zero attached hydrogens (tertiary/aromatic N) is 2. The molecule has 0 saturated carbocycles. The van der Waals surface area contributed by atoms with Crippen LogP contribution in [0.3, 0.4) is 0 Å². The second kappa shape index (κ2) is 8.12. The lowest BCUT2D eigenvalue weighted by molar-refractivity contribution is 0.0660. The van der Waals surface area contributed by atoms with Crippen molar-refractivity contribution in [3.05, 3.63) is 59.9 Å². The Labute approximate surface area is 148 Å². The number of piperidine rings is 1. The van der Waals surface area contributed by atoms with E-state index in [0.717, 1.165) is 31.5 Å². The van der Waals surface area contributed by atoms with Gasteiger partial charge >= 0.3 is 0 Å². The zero-order valence-corrected chi connectivity index (χ0v) is 14.6. The molecular weight excluding hydrogens is 314 g/mol. The van der Waals surface area contributed by atoms with Crippen molar-refractivity contribution < 1.29 is 9.53 Å². The van der Waals surface area contributed by atoms with Gasteiger partial charge in [-0.05, 0) is 49.9 Å². The van der Waals surface area contributed by atoms with Gasteiger partial charge in [0.2, 0.25) is 0 Å². The van der Waals surface area contributed by atoms with Crippen LogP contribution >= 0.6 is 0 Å². The molecular formula is C20H25N3O2. The highest BCUT2D eigenvalue weighted by Crippen LogP contribution is 2.22. The lowest BCUT2D eigenvalue weighted by Gasteiger charge is -2.34. The molecule has 3 rings (SSSR count). The monoisotopic (exact) mass is 339 g/mol. The summed E-state index contributed by atoms with van der Waals surface area (Å²) >= 11 is 0. The van der Waals surface area contributed by atoms with E-state index in [1.807, 2.05) is 48.2 Å². The van der Waals surface area contributed by atoms with E-state index >= 15 is 0 Å². The van der Waals surface area contributed by atoms with Crippen molar-refractivity contribution >= 4 is 5.91 Å². The van der Waals surface area contributed by atoms with E-state index in [9.17, 15) is 4.79 Å². The fourth-order valence-corrected chi connectivity index (χ4v) is 3.18. The molecule has 1 aromatic heterocycles. The molecule has 2 atom stereocenters. The SMILES string of the molecule is C[C@@H](N)[C@H]1CCCN(C(=O)c2cccc(OCc3cccnc3)c2)C1. The fourth-order valence-electron chi connectivity index (χ4n) is 3.18. The molecule has 1 fully saturated rings. The molecule has 0 bridgehead atoms. The summed E-state index contributed by atoms with van der Waals surface area (Å²) in [5.74, 6) is 1.12. The number of benzene rings is 1. The molecule has 5 heteroatoms. The maximum Gasteiger partial charge on any atom is 0.253 e. The van der Waals surface area contributed by atoms with Crippen LogP contribution in [0.5, 0.6) is 5.75 Å². The van der Waals surface area contributed by atoms with Gasteiger partial charge in [-0.25, -0.2) is 0 Å². The second-order valence-electron chi connectivity index (χ2n) is 6.69. The molecule has 0 spiro atoms. The summed E-state index contributed by atoms with van der Waals surface area (Å²) in [5, 5.41) is 0. The number of hydrogen-bond donors (Lipinski definition) is 1. The third-order valence-corrected chi connectivity index (χ3v) is 4.70. The molecule has 2 heterocycles. The van der Waals surface area contributed by atoms with Crippen molar-refractivity contribution in [2.24, 2.45) is 11.7 Å². The quantitative estimate of drug-likeness (QED) is 0.909. The Morgan fingerprint density at radius 1 is 1.40 bits per heavy atom. The van der Waals surface area contributed by atoms with Crippen molar-refractivity contribution in [2.75, 3.05) is 13.1 Å². The lowest BCUT2D eigenvalue weighted by Crippen LogP contribution is -2.45. The molecule has 25 heavy (non-hydrogen) atoms. The molecule has 1 saturated heterocycles. The zero-order chi connectivity index (χ0) is 17.6. The topological polar surface area (TPSA) is 68.5 Å². The van der Waals surface area contributed by atoms with Gasteiger partial charge in [-0.1, -0.05) is 12.1 Å². The maximum absolute atomic E-state index is 12.8. The minimum atomic E-state index is 0.0529. The molecule has 1 aliphatic heterocycles. The second-order valence-corrected chi connectivity index (χ2v) is 6.69. The number of carbonyl (C=O) groups is 1. The molecule has 1 amide bonds. The first-order chi connectivity index (χ1) is 12.1. The number of hydrogen-bond acceptors (Lipinski definition) is 4. The predicted molar refractivity (Wildman–Crippen MR) is 97.3 cm³/mol. The summed E-state index contributed by atoms with van der Waals surface area (Å²) in [6.07, 6.45) is 5.61. The van der Waals surface area contributed by atoms with Crippen LogP contribution in [0.2, 0.25) is 0 Å². The summed E-state index contributed by atoms with van der Waals surface area (Å²) in [5.41, 5.74) is 7.68. The molecule has 0 aliphatic carbocycles. The lowest BCUT2D eigenvalue weighted by atomic mass is 9.92. The summed E-state index contributed by atoms with van der Waals surface area (Å²) in [7, 11) is 0. The van der Waals surface area contributed by atoms with E-state index in [2.05, 4.69) is 4.98 Å². The van der Waals surface area contributed by atoms with Crippen LogP contribution in [-0.2, 0) is 6.61 Å². The third kappa shape index (κ3) is 4.57. The van der Waals surface area contributed by atoms with Crippen molar-refractivity contribution in [3.8, 4) is 5.75 Å². The highest BCUT2D eigenvalue weighted by molar-refractivity contribution is 5.94. The Morgan fingerprint density at radius 2 is 2.28 bits per heavy atom. The zero-order valence-electron chi connectivity index (χ0n) is 14.6. The molecule has 2 N–H and O–H groups in total. The molecule has 132 valence electrons. The molecule has 0 unspecified atom stereocenters. The van der Waals surface area contributed by atoms with Gasteiger partial charge in [0, 0.05) is 42.7 Å². The first-order valence-corrected chi connectivity index (χ1v) is 8.80. The van der Waals surface area contributed by atoms with Gasteiger partial charge in [-0.2, -0.15) is 0 Å². The number of ether oxygens (including phenoxy) is 1. The number of nitrogens with two attached hydrogens (primary N) is 1. The maximum atomic E-state index is 12.8. The standard InChI is InChI=1S/C20H25N3O2/c1-15(21)18-7-4-10-23(13-18)20(24)17-6-2-8-19(11-17)25-14-16-5-3-9-22-12-16/h2-3,5-6,8-9,11-12,15,18H,4,7,10,13-14,21H2,1H3/t15-,18+/m1/s1. The highest BCUT2D eigenvalue weighted by atomic mass is 16.5. The van der Waals surface area contributed by atoms with Crippen molar-refractivity contribution in [1.82, 2.24) is 9.88 Å². The van der Waals surface area contributed by atoms with Crippen molar-refractivity contribution in [3.63, 3.8) is 0 Å². The normalized spacial score (nSPS) is 18.6. The van der Waals surface area contributed by atoms with Crippen LogP contribution in [0, 0.1) is 5.92 Å².